The van der Waals surface area contributed by atoms with Crippen molar-refractivity contribution in [2.45, 2.75) is 52.0 Å². The quantitative estimate of drug-likeness (QED) is 0.731. The van der Waals surface area contributed by atoms with Crippen molar-refractivity contribution in [1.82, 2.24) is 15.2 Å². The lowest BCUT2D eigenvalue weighted by atomic mass is 9.85. The van der Waals surface area contributed by atoms with Crippen LogP contribution in [0.4, 0.5) is 5.82 Å². The Hall–Kier alpha value is -2.65. The molecule has 0 spiro atoms. The van der Waals surface area contributed by atoms with Crippen LogP contribution in [0.1, 0.15) is 60.6 Å². The van der Waals surface area contributed by atoms with Crippen molar-refractivity contribution in [2.24, 2.45) is 0 Å². The van der Waals surface area contributed by atoms with E-state index in [-0.39, 0.29) is 0 Å². The monoisotopic (exact) mass is 433 g/mol. The highest BCUT2D eigenvalue weighted by atomic mass is 32.1. The largest absolute Gasteiger partial charge is 0.358 e. The van der Waals surface area contributed by atoms with Crippen molar-refractivity contribution in [3.63, 3.8) is 0 Å². The number of hydrogen-bond acceptors (Lipinski definition) is 4. The molecular formula is C25H31N5S. The van der Waals surface area contributed by atoms with Gasteiger partial charge in [-0.2, -0.15) is 5.26 Å². The van der Waals surface area contributed by atoms with Gasteiger partial charge >= 0.3 is 0 Å². The summed E-state index contributed by atoms with van der Waals surface area (Å²) in [5.41, 5.74) is 5.79. The molecule has 0 unspecified atom stereocenters. The topological polar surface area (TPSA) is 55.2 Å². The molecule has 1 aliphatic heterocycles. The maximum atomic E-state index is 10.0. The van der Waals surface area contributed by atoms with Gasteiger partial charge in [0.1, 0.15) is 11.9 Å². The molecule has 162 valence electrons. The van der Waals surface area contributed by atoms with Crippen LogP contribution in [0.25, 0.3) is 0 Å². The highest BCUT2D eigenvalue weighted by molar-refractivity contribution is 7.80. The van der Waals surface area contributed by atoms with E-state index in [9.17, 15) is 5.26 Å². The normalized spacial score (nSPS) is 16.1. The van der Waals surface area contributed by atoms with E-state index in [0.717, 1.165) is 62.1 Å². The Morgan fingerprint density at radius 3 is 2.52 bits per heavy atom. The maximum Gasteiger partial charge on any atom is 0.169 e. The van der Waals surface area contributed by atoms with E-state index in [1.165, 1.54) is 35.2 Å². The van der Waals surface area contributed by atoms with Crippen LogP contribution < -0.4 is 10.2 Å². The molecule has 0 amide bonds. The van der Waals surface area contributed by atoms with Crippen LogP contribution in [-0.2, 0) is 19.4 Å². The van der Waals surface area contributed by atoms with Crippen molar-refractivity contribution in [3.05, 3.63) is 58.3 Å². The molecule has 1 fully saturated rings. The lowest BCUT2D eigenvalue weighted by molar-refractivity contribution is 0.378. The SMILES string of the molecule is CC(C)c1c(C#N)c(N2CCN(C(=S)NCc3ccccc3)CC2)nc2c1CCCC2. The average Bonchev–Trinajstić information content (AvgIpc) is 2.81. The number of nitriles is 1. The number of aryl methyl sites for hydroxylation is 1. The van der Waals surface area contributed by atoms with Crippen molar-refractivity contribution in [3.8, 4) is 6.07 Å². The molecular weight excluding hydrogens is 402 g/mol. The first-order valence-electron chi connectivity index (χ1n) is 11.4. The zero-order valence-electron chi connectivity index (χ0n) is 18.5. The molecule has 1 N–H and O–H groups in total. The molecule has 4 rings (SSSR count). The number of benzene rings is 1. The van der Waals surface area contributed by atoms with Gasteiger partial charge in [-0.1, -0.05) is 44.2 Å². The zero-order valence-corrected chi connectivity index (χ0v) is 19.3. The van der Waals surface area contributed by atoms with Gasteiger partial charge in [0.2, 0.25) is 0 Å². The first-order valence-corrected chi connectivity index (χ1v) is 11.8. The summed E-state index contributed by atoms with van der Waals surface area (Å²) in [5.74, 6) is 1.22. The minimum Gasteiger partial charge on any atom is -0.358 e. The molecule has 0 saturated carbocycles. The Bertz CT molecular complexity index is 972. The smallest absolute Gasteiger partial charge is 0.169 e. The van der Waals surface area contributed by atoms with E-state index in [0.29, 0.717) is 5.92 Å². The molecule has 2 aromatic rings. The molecule has 1 aromatic carbocycles. The highest BCUT2D eigenvalue weighted by Crippen LogP contribution is 2.35. The summed E-state index contributed by atoms with van der Waals surface area (Å²) in [6.45, 7) is 8.45. The van der Waals surface area contributed by atoms with Gasteiger partial charge < -0.3 is 15.1 Å². The number of nitrogens with one attached hydrogen (secondary N) is 1. The van der Waals surface area contributed by atoms with E-state index >= 15 is 0 Å². The number of rotatable bonds is 4. The summed E-state index contributed by atoms with van der Waals surface area (Å²) in [5, 5.41) is 14.2. The Balaban J connectivity index is 1.47. The van der Waals surface area contributed by atoms with E-state index in [2.05, 4.69) is 47.2 Å². The fraction of sp³-hybridized carbons (Fsp3) is 0.480. The second-order valence-electron chi connectivity index (χ2n) is 8.74. The zero-order chi connectivity index (χ0) is 21.8. The molecule has 0 bridgehead atoms. The number of fused-ring (bicyclic) bond motifs is 1. The van der Waals surface area contributed by atoms with Crippen LogP contribution in [-0.4, -0.2) is 41.2 Å². The predicted octanol–water partition coefficient (Wildman–Crippen LogP) is 4.15. The van der Waals surface area contributed by atoms with Crippen LogP contribution in [0.15, 0.2) is 30.3 Å². The number of hydrogen-bond donors (Lipinski definition) is 1. The minimum atomic E-state index is 0.333. The van der Waals surface area contributed by atoms with Crippen molar-refractivity contribution in [1.29, 1.82) is 5.26 Å². The molecule has 2 heterocycles. The van der Waals surface area contributed by atoms with Gasteiger partial charge in [0.15, 0.2) is 5.11 Å². The molecule has 31 heavy (non-hydrogen) atoms. The number of nitrogens with zero attached hydrogens (tertiary/aromatic N) is 4. The van der Waals surface area contributed by atoms with Crippen molar-refractivity contribution >= 4 is 23.1 Å². The molecule has 1 aliphatic carbocycles. The molecule has 1 aromatic heterocycles. The van der Waals surface area contributed by atoms with Gasteiger partial charge in [-0.15, -0.1) is 0 Å². The fourth-order valence-corrected chi connectivity index (χ4v) is 5.00. The van der Waals surface area contributed by atoms with Crippen LogP contribution in [0.3, 0.4) is 0 Å². The van der Waals surface area contributed by atoms with Crippen LogP contribution >= 0.6 is 12.2 Å². The number of anilines is 1. The van der Waals surface area contributed by atoms with Crippen molar-refractivity contribution < 1.29 is 0 Å². The summed E-state index contributed by atoms with van der Waals surface area (Å²) in [6, 6.07) is 12.8. The summed E-state index contributed by atoms with van der Waals surface area (Å²) >= 11 is 5.64. The fourth-order valence-electron chi connectivity index (χ4n) is 4.74. The summed E-state index contributed by atoms with van der Waals surface area (Å²) < 4.78 is 0. The van der Waals surface area contributed by atoms with E-state index < -0.39 is 0 Å². The van der Waals surface area contributed by atoms with Crippen LogP contribution in [0.2, 0.25) is 0 Å². The van der Waals surface area contributed by atoms with Crippen LogP contribution in [0, 0.1) is 11.3 Å². The number of pyridine rings is 1. The standard InChI is InChI=1S/C25H31N5S/c1-18(2)23-20-10-6-7-11-22(20)28-24(21(23)16-26)29-12-14-30(15-13-29)25(31)27-17-19-8-4-3-5-9-19/h3-5,8-9,18H,6-7,10-15,17H2,1-2H3,(H,27,31). The number of piperazine rings is 1. The predicted molar refractivity (Wildman–Crippen MR) is 129 cm³/mol. The average molecular weight is 434 g/mol. The summed E-state index contributed by atoms with van der Waals surface area (Å²) in [6.07, 6.45) is 4.48. The third kappa shape index (κ3) is 4.67. The maximum absolute atomic E-state index is 10.0. The summed E-state index contributed by atoms with van der Waals surface area (Å²) in [7, 11) is 0. The lowest BCUT2D eigenvalue weighted by Gasteiger charge is -2.38. The molecule has 0 radical (unpaired) electrons. The third-order valence-electron chi connectivity index (χ3n) is 6.34. The van der Waals surface area contributed by atoms with Crippen molar-refractivity contribution in [2.75, 3.05) is 31.1 Å². The lowest BCUT2D eigenvalue weighted by Crippen LogP contribution is -2.52. The van der Waals surface area contributed by atoms with Crippen LogP contribution in [0.5, 0.6) is 0 Å². The van der Waals surface area contributed by atoms with Gasteiger partial charge in [0.25, 0.3) is 0 Å². The van der Waals surface area contributed by atoms with E-state index in [4.69, 9.17) is 17.2 Å². The van der Waals surface area contributed by atoms with Gasteiger partial charge in [-0.05, 0) is 60.5 Å². The first-order chi connectivity index (χ1) is 15.1. The Kier molecular flexibility index (Phi) is 6.72. The van der Waals surface area contributed by atoms with E-state index in [1.807, 2.05) is 18.2 Å². The Labute approximate surface area is 191 Å². The Morgan fingerprint density at radius 1 is 1.13 bits per heavy atom. The molecule has 0 atom stereocenters. The second-order valence-corrected chi connectivity index (χ2v) is 9.13. The minimum absolute atomic E-state index is 0.333. The second kappa shape index (κ2) is 9.65. The highest BCUT2D eigenvalue weighted by Gasteiger charge is 2.28. The third-order valence-corrected chi connectivity index (χ3v) is 6.74. The first kappa shape index (κ1) is 21.6. The molecule has 2 aliphatic rings. The van der Waals surface area contributed by atoms with Gasteiger partial charge in [0, 0.05) is 38.4 Å². The van der Waals surface area contributed by atoms with Gasteiger partial charge in [-0.3, -0.25) is 0 Å². The number of thiocarbonyl (C=S) groups is 1. The Morgan fingerprint density at radius 2 is 1.84 bits per heavy atom. The van der Waals surface area contributed by atoms with Gasteiger partial charge in [0.05, 0.1) is 5.56 Å². The van der Waals surface area contributed by atoms with E-state index in [1.54, 1.807) is 0 Å². The number of aromatic nitrogens is 1. The van der Waals surface area contributed by atoms with Gasteiger partial charge in [-0.25, -0.2) is 4.98 Å². The summed E-state index contributed by atoms with van der Waals surface area (Å²) in [4.78, 5) is 9.55. The molecule has 6 heteroatoms. The molecule has 1 saturated heterocycles. The molecule has 5 nitrogen and oxygen atoms in total.